The molecule has 0 radical (unpaired) electrons. The zero-order valence-corrected chi connectivity index (χ0v) is 17.6. The number of morpholine rings is 1. The van der Waals surface area contributed by atoms with Gasteiger partial charge in [0.2, 0.25) is 0 Å². The quantitative estimate of drug-likeness (QED) is 0.540. The minimum absolute atomic E-state index is 0.197. The van der Waals surface area contributed by atoms with Crippen molar-refractivity contribution in [1.29, 1.82) is 0 Å². The summed E-state index contributed by atoms with van der Waals surface area (Å²) < 4.78 is 5.55. The van der Waals surface area contributed by atoms with Crippen LogP contribution in [0.15, 0.2) is 10.4 Å². The van der Waals surface area contributed by atoms with Crippen molar-refractivity contribution in [3.05, 3.63) is 16.1 Å². The molecule has 2 aliphatic heterocycles. The molecule has 26 heavy (non-hydrogen) atoms. The smallest absolute Gasteiger partial charge is 0.191 e. The average Bonchev–Trinajstić information content (AvgIpc) is 3.30. The highest BCUT2D eigenvalue weighted by atomic mass is 32.2. The topological polar surface area (TPSA) is 61.8 Å². The zero-order chi connectivity index (χ0) is 18.2. The van der Waals surface area contributed by atoms with Crippen LogP contribution in [0.3, 0.4) is 0 Å². The second-order valence-corrected chi connectivity index (χ2v) is 9.02. The highest BCUT2D eigenvalue weighted by Gasteiger charge is 2.40. The lowest BCUT2D eigenvalue weighted by molar-refractivity contribution is -0.0104. The van der Waals surface area contributed by atoms with E-state index in [1.54, 1.807) is 11.3 Å². The normalized spacial score (nSPS) is 24.8. The molecule has 2 N–H and O–H groups in total. The second kappa shape index (κ2) is 9.92. The minimum Gasteiger partial charge on any atom is -0.379 e. The zero-order valence-electron chi connectivity index (χ0n) is 15.9. The minimum atomic E-state index is 0.197. The highest BCUT2D eigenvalue weighted by molar-refractivity contribution is 7.99. The summed E-state index contributed by atoms with van der Waals surface area (Å²) in [7, 11) is 0. The van der Waals surface area contributed by atoms with Crippen LogP contribution in [0.5, 0.6) is 0 Å². The van der Waals surface area contributed by atoms with Gasteiger partial charge in [0.15, 0.2) is 5.96 Å². The Hall–Kier alpha value is -0.830. The first kappa shape index (κ1) is 19.9. The third-order valence-corrected chi connectivity index (χ3v) is 7.04. The largest absolute Gasteiger partial charge is 0.379 e. The predicted molar refractivity (Wildman–Crippen MR) is 112 cm³/mol. The summed E-state index contributed by atoms with van der Waals surface area (Å²) in [4.78, 5) is 12.1. The maximum Gasteiger partial charge on any atom is 0.191 e. The van der Waals surface area contributed by atoms with Crippen LogP contribution in [0, 0.1) is 6.92 Å². The fraction of sp³-hybridized carbons (Fsp3) is 0.778. The van der Waals surface area contributed by atoms with Gasteiger partial charge in [0.25, 0.3) is 0 Å². The van der Waals surface area contributed by atoms with Gasteiger partial charge in [-0.25, -0.2) is 4.98 Å². The molecule has 0 amide bonds. The number of thioether (sulfide) groups is 1. The van der Waals surface area contributed by atoms with E-state index >= 15 is 0 Å². The van der Waals surface area contributed by atoms with Crippen LogP contribution in [0.2, 0.25) is 0 Å². The summed E-state index contributed by atoms with van der Waals surface area (Å²) in [6, 6.07) is 0. The van der Waals surface area contributed by atoms with Crippen molar-refractivity contribution in [2.45, 2.75) is 32.2 Å². The van der Waals surface area contributed by atoms with Gasteiger partial charge in [0.05, 0.1) is 36.0 Å². The molecule has 8 heteroatoms. The van der Waals surface area contributed by atoms with Crippen molar-refractivity contribution >= 4 is 29.1 Å². The van der Waals surface area contributed by atoms with Crippen molar-refractivity contribution < 1.29 is 4.74 Å². The third-order valence-electron chi connectivity index (χ3n) is 4.98. The number of nitrogens with one attached hydrogen (secondary N) is 2. The van der Waals surface area contributed by atoms with Crippen LogP contribution in [0.1, 0.15) is 24.0 Å². The van der Waals surface area contributed by atoms with Crippen molar-refractivity contribution in [1.82, 2.24) is 20.5 Å². The van der Waals surface area contributed by atoms with E-state index in [0.29, 0.717) is 0 Å². The molecule has 1 aromatic heterocycles. The number of aliphatic imine (C=N–C) groups is 1. The first-order chi connectivity index (χ1) is 12.7. The lowest BCUT2D eigenvalue weighted by Gasteiger charge is -2.42. The molecular formula is C18H31N5OS2. The Labute approximate surface area is 165 Å². The lowest BCUT2D eigenvalue weighted by Crippen LogP contribution is -2.56. The van der Waals surface area contributed by atoms with E-state index in [-0.39, 0.29) is 5.54 Å². The number of nitrogens with zero attached hydrogens (tertiary/aromatic N) is 3. The molecule has 2 fully saturated rings. The summed E-state index contributed by atoms with van der Waals surface area (Å²) in [5.41, 5.74) is 1.36. The van der Waals surface area contributed by atoms with E-state index in [1.165, 1.54) is 17.9 Å². The van der Waals surface area contributed by atoms with Gasteiger partial charge < -0.3 is 15.4 Å². The Kier molecular flexibility index (Phi) is 7.60. The monoisotopic (exact) mass is 397 g/mol. The van der Waals surface area contributed by atoms with Gasteiger partial charge in [-0.05, 0) is 26.0 Å². The fourth-order valence-corrected chi connectivity index (χ4v) is 5.62. The molecule has 3 heterocycles. The Balaban J connectivity index is 1.57. The third kappa shape index (κ3) is 5.34. The second-order valence-electron chi connectivity index (χ2n) is 6.86. The van der Waals surface area contributed by atoms with Crippen LogP contribution in [0.4, 0.5) is 0 Å². The molecule has 6 nitrogen and oxygen atoms in total. The van der Waals surface area contributed by atoms with E-state index in [0.717, 1.165) is 69.0 Å². The molecule has 0 spiro atoms. The summed E-state index contributed by atoms with van der Waals surface area (Å²) in [6.45, 7) is 10.5. The number of ether oxygens (including phenoxy) is 1. The van der Waals surface area contributed by atoms with Crippen molar-refractivity contribution in [2.75, 3.05) is 57.4 Å². The average molecular weight is 398 g/mol. The van der Waals surface area contributed by atoms with E-state index in [2.05, 4.69) is 51.5 Å². The van der Waals surface area contributed by atoms with E-state index in [9.17, 15) is 0 Å². The van der Waals surface area contributed by atoms with Gasteiger partial charge in [-0.1, -0.05) is 0 Å². The van der Waals surface area contributed by atoms with Crippen molar-refractivity contribution in [3.8, 4) is 0 Å². The molecule has 0 aromatic carbocycles. The molecule has 1 unspecified atom stereocenters. The molecular weight excluding hydrogens is 366 g/mol. The Morgan fingerprint density at radius 2 is 2.23 bits per heavy atom. The van der Waals surface area contributed by atoms with E-state index in [1.807, 2.05) is 0 Å². The lowest BCUT2D eigenvalue weighted by atomic mass is 9.96. The standard InChI is InChI=1S/C18H31N5OS2/c1-3-19-17(20-6-4-16-12-26-15(2)22-16)21-13-18(5-11-25-14-18)23-7-9-24-10-8-23/h12H,3-11,13-14H2,1-2H3,(H2,19,20,21). The fourth-order valence-electron chi connectivity index (χ4n) is 3.51. The maximum absolute atomic E-state index is 5.55. The molecule has 0 bridgehead atoms. The number of aromatic nitrogens is 1. The number of guanidine groups is 1. The van der Waals surface area contributed by atoms with Gasteiger partial charge >= 0.3 is 0 Å². The maximum atomic E-state index is 5.55. The highest BCUT2D eigenvalue weighted by Crippen LogP contribution is 2.34. The van der Waals surface area contributed by atoms with Crippen LogP contribution < -0.4 is 10.6 Å². The molecule has 2 aliphatic rings. The Bertz CT molecular complexity index is 580. The van der Waals surface area contributed by atoms with Gasteiger partial charge in [-0.3, -0.25) is 9.89 Å². The van der Waals surface area contributed by atoms with E-state index in [4.69, 9.17) is 9.73 Å². The number of hydrogen-bond donors (Lipinski definition) is 2. The summed E-state index contributed by atoms with van der Waals surface area (Å²) in [5.74, 6) is 3.33. The van der Waals surface area contributed by atoms with Crippen molar-refractivity contribution in [3.63, 3.8) is 0 Å². The number of hydrogen-bond acceptors (Lipinski definition) is 6. The van der Waals surface area contributed by atoms with Crippen LogP contribution in [-0.2, 0) is 11.2 Å². The van der Waals surface area contributed by atoms with Gasteiger partial charge in [0.1, 0.15) is 0 Å². The van der Waals surface area contributed by atoms with Crippen LogP contribution >= 0.6 is 23.1 Å². The molecule has 0 aliphatic carbocycles. The summed E-state index contributed by atoms with van der Waals surface area (Å²) in [5, 5.41) is 10.1. The molecule has 1 atom stereocenters. The van der Waals surface area contributed by atoms with E-state index < -0.39 is 0 Å². The SMILES string of the molecule is CCNC(=NCC1(N2CCOCC2)CCSC1)NCCc1csc(C)n1. The van der Waals surface area contributed by atoms with Crippen molar-refractivity contribution in [2.24, 2.45) is 4.99 Å². The number of aryl methyl sites for hydroxylation is 1. The van der Waals surface area contributed by atoms with Crippen LogP contribution in [-0.4, -0.2) is 78.8 Å². The number of rotatable bonds is 7. The Morgan fingerprint density at radius 1 is 1.38 bits per heavy atom. The van der Waals surface area contributed by atoms with Gasteiger partial charge in [-0.15, -0.1) is 11.3 Å². The Morgan fingerprint density at radius 3 is 2.88 bits per heavy atom. The molecule has 0 saturated carbocycles. The first-order valence-electron chi connectivity index (χ1n) is 9.55. The molecule has 2 saturated heterocycles. The van der Waals surface area contributed by atoms with Gasteiger partial charge in [-0.2, -0.15) is 11.8 Å². The first-order valence-corrected chi connectivity index (χ1v) is 11.6. The summed E-state index contributed by atoms with van der Waals surface area (Å²) in [6.07, 6.45) is 2.15. The summed E-state index contributed by atoms with van der Waals surface area (Å²) >= 11 is 3.77. The molecule has 146 valence electrons. The van der Waals surface area contributed by atoms with Crippen LogP contribution in [0.25, 0.3) is 0 Å². The predicted octanol–water partition coefficient (Wildman–Crippen LogP) is 1.76. The molecule has 3 rings (SSSR count). The number of thiazole rings is 1. The molecule has 1 aromatic rings. The van der Waals surface area contributed by atoms with Gasteiger partial charge in [0, 0.05) is 43.7 Å².